The number of nitrogens with two attached hydrogens (primary N) is 1. The summed E-state index contributed by atoms with van der Waals surface area (Å²) >= 11 is 0. The first-order valence-corrected chi connectivity index (χ1v) is 13.2. The average Bonchev–Trinajstić information content (AvgIpc) is 2.97. The number of ether oxygens (including phenoxy) is 4. The summed E-state index contributed by atoms with van der Waals surface area (Å²) in [5, 5.41) is 0. The second-order valence-corrected chi connectivity index (χ2v) is 8.00. The molecule has 0 heterocycles. The van der Waals surface area contributed by atoms with Crippen molar-refractivity contribution in [3.8, 4) is 0 Å². The van der Waals surface area contributed by atoms with Crippen LogP contribution in [0.1, 0.15) is 41.5 Å². The Kier molecular flexibility index (Phi) is 18.9. The molecule has 0 saturated heterocycles. The Morgan fingerprint density at radius 3 is 1.46 bits per heavy atom. The zero-order valence-corrected chi connectivity index (χ0v) is 24.5. The monoisotopic (exact) mass is 572 g/mol. The number of nitrogens with zero attached hydrogens (tertiary/aromatic N) is 1. The van der Waals surface area contributed by atoms with Crippen LogP contribution in [0.3, 0.4) is 0 Å². The van der Waals surface area contributed by atoms with Crippen LogP contribution in [-0.4, -0.2) is 61.8 Å². The lowest BCUT2D eigenvalue weighted by molar-refractivity contribution is -0.161. The summed E-state index contributed by atoms with van der Waals surface area (Å²) in [5.41, 5.74) is 6.82. The molecule has 0 bridgehead atoms. The van der Waals surface area contributed by atoms with E-state index >= 15 is 0 Å². The summed E-state index contributed by atoms with van der Waals surface area (Å²) < 4.78 is 18.9. The van der Waals surface area contributed by atoms with Crippen molar-refractivity contribution in [1.82, 2.24) is 0 Å². The lowest BCUT2D eigenvalue weighted by Gasteiger charge is -2.12. The first kappa shape index (κ1) is 36.5. The summed E-state index contributed by atoms with van der Waals surface area (Å²) in [4.78, 5) is 61.1. The van der Waals surface area contributed by atoms with Gasteiger partial charge in [0.1, 0.15) is 17.5 Å². The second-order valence-electron chi connectivity index (χ2n) is 8.00. The zero-order chi connectivity index (χ0) is 31.2. The highest BCUT2D eigenvalue weighted by Crippen LogP contribution is 2.15. The molecule has 11 heteroatoms. The van der Waals surface area contributed by atoms with E-state index in [-0.39, 0.29) is 32.1 Å². The summed E-state index contributed by atoms with van der Waals surface area (Å²) in [5.74, 6) is -5.51. The van der Waals surface area contributed by atoms with Gasteiger partial charge >= 0.3 is 23.9 Å². The molecule has 0 radical (unpaired) electrons. The molecule has 0 fully saturated rings. The van der Waals surface area contributed by atoms with E-state index in [9.17, 15) is 24.0 Å². The van der Waals surface area contributed by atoms with Crippen molar-refractivity contribution < 1.29 is 42.9 Å². The second kappa shape index (κ2) is 21.3. The molecule has 0 aromatic heterocycles. The van der Waals surface area contributed by atoms with Gasteiger partial charge in [-0.15, -0.1) is 0 Å². The fourth-order valence-corrected chi connectivity index (χ4v) is 2.75. The third kappa shape index (κ3) is 15.0. The molecule has 0 amide bonds. The Hall–Kier alpha value is -4.54. The van der Waals surface area contributed by atoms with Gasteiger partial charge in [0.25, 0.3) is 5.78 Å². The van der Waals surface area contributed by atoms with Gasteiger partial charge in [-0.2, -0.15) is 0 Å². The zero-order valence-electron chi connectivity index (χ0n) is 24.5. The average molecular weight is 573 g/mol. The number of carbonyl (C=O) groups is 5. The van der Waals surface area contributed by atoms with E-state index in [1.165, 1.54) is 6.92 Å². The number of nitrogen functional groups attached to an aromatic ring is 1. The maximum Gasteiger partial charge on any atom is 0.375 e. The minimum absolute atomic E-state index is 0.0523. The number of hydrogen-bond donors (Lipinski definition) is 1. The molecule has 2 aromatic carbocycles. The van der Waals surface area contributed by atoms with Gasteiger partial charge in [0.2, 0.25) is 0 Å². The molecular weight excluding hydrogens is 532 g/mol. The van der Waals surface area contributed by atoms with Crippen molar-refractivity contribution in [2.24, 2.45) is 16.8 Å². The maximum atomic E-state index is 11.9. The highest BCUT2D eigenvalue weighted by Gasteiger charge is 2.29. The number of benzene rings is 2. The number of carbonyl (C=O) groups excluding carboxylic acids is 5. The molecule has 41 heavy (non-hydrogen) atoms. The quantitative estimate of drug-likeness (QED) is 0.104. The number of esters is 4. The van der Waals surface area contributed by atoms with Crippen molar-refractivity contribution in [2.75, 3.05) is 32.2 Å². The van der Waals surface area contributed by atoms with Crippen molar-refractivity contribution in [1.29, 1.82) is 0 Å². The number of anilines is 1. The largest absolute Gasteiger partial charge is 0.465 e. The minimum Gasteiger partial charge on any atom is -0.465 e. The molecule has 11 nitrogen and oxygen atoms in total. The van der Waals surface area contributed by atoms with Crippen LogP contribution in [0, 0.1) is 11.8 Å². The summed E-state index contributed by atoms with van der Waals surface area (Å²) in [6, 6.07) is 18.4. The lowest BCUT2D eigenvalue weighted by Crippen LogP contribution is -2.31. The van der Waals surface area contributed by atoms with E-state index in [1.807, 2.05) is 36.4 Å². The SMILES string of the molecule is CCOC(=O)C(=Nc1ccccc1)C(C)C(=O)OCC.CCOC(=O)C(=O)C(C)C(=O)OCC.Nc1ccccc1. The highest BCUT2D eigenvalue weighted by molar-refractivity contribution is 6.41. The number of ketones is 1. The van der Waals surface area contributed by atoms with Crippen LogP contribution >= 0.6 is 0 Å². The Labute approximate surface area is 241 Å². The predicted molar refractivity (Wildman–Crippen MR) is 154 cm³/mol. The molecule has 2 aromatic rings. The first-order chi connectivity index (χ1) is 19.5. The Morgan fingerprint density at radius 2 is 1.05 bits per heavy atom. The fraction of sp³-hybridized carbons (Fsp3) is 0.400. The van der Waals surface area contributed by atoms with E-state index in [0.29, 0.717) is 5.69 Å². The van der Waals surface area contributed by atoms with Crippen LogP contribution in [0.5, 0.6) is 0 Å². The van der Waals surface area contributed by atoms with Crippen molar-refractivity contribution in [3.05, 3.63) is 60.7 Å². The van der Waals surface area contributed by atoms with E-state index in [4.69, 9.17) is 15.2 Å². The summed E-state index contributed by atoms with van der Waals surface area (Å²) in [7, 11) is 0. The minimum atomic E-state index is -1.09. The molecule has 0 aliphatic heterocycles. The van der Waals surface area contributed by atoms with E-state index in [1.54, 1.807) is 58.9 Å². The fourth-order valence-electron chi connectivity index (χ4n) is 2.75. The number of aliphatic imine (C=N–C) groups is 1. The third-order valence-corrected chi connectivity index (χ3v) is 4.85. The predicted octanol–water partition coefficient (Wildman–Crippen LogP) is 4.11. The number of rotatable bonds is 11. The van der Waals surface area contributed by atoms with E-state index in [2.05, 4.69) is 14.5 Å². The Bertz CT molecular complexity index is 1120. The highest BCUT2D eigenvalue weighted by atomic mass is 16.5. The van der Waals surface area contributed by atoms with Crippen molar-refractivity contribution >= 4 is 46.7 Å². The van der Waals surface area contributed by atoms with Crippen LogP contribution in [0.25, 0.3) is 0 Å². The van der Waals surface area contributed by atoms with Gasteiger partial charge < -0.3 is 24.7 Å². The van der Waals surface area contributed by atoms with Gasteiger partial charge in [0.05, 0.1) is 32.1 Å². The standard InChI is InChI=1S/C15H19NO4.C9H14O5.C6H7N/c1-4-19-14(17)11(3)13(15(18)20-5-2)16-12-9-7-6-8-10-12;1-4-13-8(11)6(3)7(10)9(12)14-5-2;7-6-4-2-1-3-5-6/h6-11H,4-5H2,1-3H3;6H,4-5H2,1-3H3;1-5H,7H2. The molecule has 224 valence electrons. The van der Waals surface area contributed by atoms with Gasteiger partial charge in [-0.05, 0) is 65.8 Å². The Morgan fingerprint density at radius 1 is 0.634 bits per heavy atom. The van der Waals surface area contributed by atoms with Gasteiger partial charge in [-0.3, -0.25) is 14.4 Å². The Balaban J connectivity index is 0.000000656. The van der Waals surface area contributed by atoms with Gasteiger partial charge in [0, 0.05) is 5.69 Å². The van der Waals surface area contributed by atoms with Gasteiger partial charge in [-0.1, -0.05) is 36.4 Å². The smallest absolute Gasteiger partial charge is 0.375 e. The molecule has 2 rings (SSSR count). The normalized spacial score (nSPS) is 11.6. The van der Waals surface area contributed by atoms with E-state index in [0.717, 1.165) is 5.69 Å². The first-order valence-electron chi connectivity index (χ1n) is 13.2. The third-order valence-electron chi connectivity index (χ3n) is 4.85. The number of Topliss-reactive ketones (excluding diaryl/α,β-unsaturated/α-hetero) is 1. The number of hydrogen-bond acceptors (Lipinski definition) is 11. The molecular formula is C30H40N2O9. The molecule has 0 saturated carbocycles. The van der Waals surface area contributed by atoms with Gasteiger partial charge in [0.15, 0.2) is 0 Å². The molecule has 0 aliphatic carbocycles. The maximum absolute atomic E-state index is 11.9. The molecule has 2 N–H and O–H groups in total. The van der Waals surface area contributed by atoms with Crippen LogP contribution < -0.4 is 5.73 Å². The molecule has 0 aliphatic rings. The van der Waals surface area contributed by atoms with Crippen LogP contribution in [0.15, 0.2) is 65.7 Å². The molecule has 2 unspecified atom stereocenters. The lowest BCUT2D eigenvalue weighted by atomic mass is 10.1. The van der Waals surface area contributed by atoms with Crippen LogP contribution in [0.2, 0.25) is 0 Å². The van der Waals surface area contributed by atoms with Crippen LogP contribution in [0.4, 0.5) is 11.4 Å². The van der Waals surface area contributed by atoms with Gasteiger partial charge in [-0.25, -0.2) is 14.6 Å². The van der Waals surface area contributed by atoms with Crippen LogP contribution in [-0.2, 0) is 42.9 Å². The van der Waals surface area contributed by atoms with E-state index < -0.39 is 41.5 Å². The summed E-state index contributed by atoms with van der Waals surface area (Å²) in [6.45, 7) is 10.3. The van der Waals surface area contributed by atoms with Crippen molar-refractivity contribution in [3.63, 3.8) is 0 Å². The molecule has 0 spiro atoms. The van der Waals surface area contributed by atoms with Crippen molar-refractivity contribution in [2.45, 2.75) is 41.5 Å². The number of para-hydroxylation sites is 2. The molecule has 2 atom stereocenters. The topological polar surface area (TPSA) is 161 Å². The summed E-state index contributed by atoms with van der Waals surface area (Å²) in [6.07, 6.45) is 0.